The third-order valence-electron chi connectivity index (χ3n) is 10.1. The van der Waals surface area contributed by atoms with Gasteiger partial charge in [-0.05, 0) is 78.8 Å². The number of carbonyl (C=O) groups is 2. The molecule has 2 amide bonds. The predicted molar refractivity (Wildman–Crippen MR) is 198 cm³/mol. The molecule has 4 atom stereocenters. The average molecular weight is 709 g/mol. The van der Waals surface area contributed by atoms with Crippen molar-refractivity contribution in [3.63, 3.8) is 0 Å². The molecule has 8 rings (SSSR count). The number of likely N-dealkylation sites (tertiary alicyclic amines) is 2. The Morgan fingerprint density at radius 1 is 0.698 bits per heavy atom. The highest BCUT2D eigenvalue weighted by atomic mass is 16.5. The molecule has 0 radical (unpaired) electrons. The Morgan fingerprint density at radius 2 is 1.30 bits per heavy atom. The molecule has 0 saturated carbocycles. The number of H-pyrrole nitrogens is 2. The number of imidazole rings is 2. The summed E-state index contributed by atoms with van der Waals surface area (Å²) in [7, 11) is 0. The van der Waals surface area contributed by atoms with Gasteiger partial charge in [-0.1, -0.05) is 72.8 Å². The minimum absolute atomic E-state index is 0.234. The fraction of sp³-hybridized carbons (Fsp3) is 0.238. The standard InChI is InChI=1S/C42H40N6O5/c49-37(28-10-3-1-4-11-28)41(51)47-22-8-16-35(47)39-43-25-33(45-39)27-18-20-31(21-19-27)53-32-15-7-14-30(24-32)34-26-44-40(46-34)36-17-9-23-48(36)42(52)38(50)29-12-5-2-6-13-29/h1-7,10-15,18-21,24-26,35-38,49-50H,8-9,16-17,22-23H2,(H,43,45)(H,44,46)/t35-,36-,37-,38-/m0/s1. The Morgan fingerprint density at radius 3 is 1.92 bits per heavy atom. The van der Waals surface area contributed by atoms with Crippen LogP contribution in [0.4, 0.5) is 0 Å². The molecule has 0 aliphatic carbocycles. The summed E-state index contributed by atoms with van der Waals surface area (Å²) >= 11 is 0. The zero-order valence-corrected chi connectivity index (χ0v) is 29.0. The van der Waals surface area contributed by atoms with Crippen molar-refractivity contribution in [2.75, 3.05) is 13.1 Å². The maximum absolute atomic E-state index is 13.3. The topological polar surface area (TPSA) is 148 Å². The van der Waals surface area contributed by atoms with Crippen LogP contribution < -0.4 is 4.74 Å². The van der Waals surface area contributed by atoms with Crippen LogP contribution in [0, 0.1) is 0 Å². The van der Waals surface area contributed by atoms with Crippen LogP contribution in [0.15, 0.2) is 122 Å². The van der Waals surface area contributed by atoms with E-state index in [0.717, 1.165) is 48.2 Å². The highest BCUT2D eigenvalue weighted by Crippen LogP contribution is 2.36. The second kappa shape index (κ2) is 14.9. The highest BCUT2D eigenvalue weighted by Gasteiger charge is 2.37. The molecule has 2 fully saturated rings. The predicted octanol–water partition coefficient (Wildman–Crippen LogP) is 7.05. The average Bonchev–Trinajstić information content (AvgIpc) is 4.05. The molecule has 0 unspecified atom stereocenters. The molecule has 268 valence electrons. The van der Waals surface area contributed by atoms with Crippen molar-refractivity contribution in [3.8, 4) is 34.0 Å². The first-order chi connectivity index (χ1) is 25.9. The highest BCUT2D eigenvalue weighted by molar-refractivity contribution is 5.83. The summed E-state index contributed by atoms with van der Waals surface area (Å²) in [5.74, 6) is 2.05. The molecule has 4 N–H and O–H groups in total. The Hall–Kier alpha value is -6.04. The number of ether oxygens (including phenoxy) is 1. The lowest BCUT2D eigenvalue weighted by molar-refractivity contribution is -0.142. The molecule has 11 heteroatoms. The molecule has 0 bridgehead atoms. The van der Waals surface area contributed by atoms with Gasteiger partial charge in [0.05, 0.1) is 29.7 Å². The quantitative estimate of drug-likeness (QED) is 0.119. The first-order valence-electron chi connectivity index (χ1n) is 18.0. The minimum atomic E-state index is -1.22. The van der Waals surface area contributed by atoms with Crippen LogP contribution in [0.25, 0.3) is 22.5 Å². The van der Waals surface area contributed by atoms with Crippen molar-refractivity contribution >= 4 is 11.8 Å². The van der Waals surface area contributed by atoms with E-state index in [-0.39, 0.29) is 23.9 Å². The number of hydrogen-bond acceptors (Lipinski definition) is 7. The maximum Gasteiger partial charge on any atom is 0.256 e. The number of carbonyl (C=O) groups excluding carboxylic acids is 2. The van der Waals surface area contributed by atoms with Gasteiger partial charge in [0.25, 0.3) is 11.8 Å². The van der Waals surface area contributed by atoms with Crippen molar-refractivity contribution in [2.24, 2.45) is 0 Å². The van der Waals surface area contributed by atoms with E-state index in [2.05, 4.69) is 15.0 Å². The number of hydrogen-bond donors (Lipinski definition) is 4. The van der Waals surface area contributed by atoms with E-state index < -0.39 is 12.2 Å². The number of aromatic nitrogens is 4. The third kappa shape index (κ3) is 7.09. The molecule has 53 heavy (non-hydrogen) atoms. The van der Waals surface area contributed by atoms with E-state index in [1.54, 1.807) is 40.3 Å². The minimum Gasteiger partial charge on any atom is -0.457 e. The van der Waals surface area contributed by atoms with Crippen LogP contribution in [-0.4, -0.2) is 64.9 Å². The molecular formula is C42H40N6O5. The summed E-state index contributed by atoms with van der Waals surface area (Å²) in [5.41, 5.74) is 4.49. The molecule has 4 aromatic carbocycles. The molecule has 2 aromatic heterocycles. The smallest absolute Gasteiger partial charge is 0.256 e. The van der Waals surface area contributed by atoms with Crippen LogP contribution in [0.2, 0.25) is 0 Å². The number of rotatable bonds is 10. The number of nitrogens with zero attached hydrogens (tertiary/aromatic N) is 4. The SMILES string of the molecule is O=C([C@@H](O)c1ccccc1)N1CCC[C@H]1c1nc(-c2cccc(Oc3ccc(-c4cnc([C@@H]5CCCN5C(=O)[C@@H](O)c5ccccc5)[nH]4)cc3)c2)c[nH]1. The van der Waals surface area contributed by atoms with Gasteiger partial charge in [0.2, 0.25) is 0 Å². The van der Waals surface area contributed by atoms with Crippen LogP contribution >= 0.6 is 0 Å². The van der Waals surface area contributed by atoms with E-state index in [9.17, 15) is 19.8 Å². The molecule has 4 heterocycles. The first kappa shape index (κ1) is 34.1. The maximum atomic E-state index is 13.3. The number of amides is 2. The molecule has 2 saturated heterocycles. The van der Waals surface area contributed by atoms with Crippen molar-refractivity contribution in [1.29, 1.82) is 0 Å². The van der Waals surface area contributed by atoms with Crippen molar-refractivity contribution in [1.82, 2.24) is 29.7 Å². The van der Waals surface area contributed by atoms with Crippen molar-refractivity contribution in [2.45, 2.75) is 50.0 Å². The van der Waals surface area contributed by atoms with E-state index in [0.29, 0.717) is 47.4 Å². The zero-order valence-electron chi connectivity index (χ0n) is 29.0. The summed E-state index contributed by atoms with van der Waals surface area (Å²) in [6.45, 7) is 1.13. The van der Waals surface area contributed by atoms with Gasteiger partial charge in [0, 0.05) is 24.8 Å². The summed E-state index contributed by atoms with van der Waals surface area (Å²) in [5, 5.41) is 21.5. The van der Waals surface area contributed by atoms with Gasteiger partial charge in [-0.2, -0.15) is 0 Å². The fourth-order valence-electron chi connectivity index (χ4n) is 7.36. The number of benzene rings is 4. The van der Waals surface area contributed by atoms with Crippen LogP contribution in [0.1, 0.15) is 72.8 Å². The number of aliphatic hydroxyl groups excluding tert-OH is 2. The van der Waals surface area contributed by atoms with Crippen LogP contribution in [0.3, 0.4) is 0 Å². The van der Waals surface area contributed by atoms with Gasteiger partial charge in [-0.15, -0.1) is 0 Å². The molecule has 11 nitrogen and oxygen atoms in total. The lowest BCUT2D eigenvalue weighted by atomic mass is 10.1. The monoisotopic (exact) mass is 708 g/mol. The van der Waals surface area contributed by atoms with Crippen LogP contribution in [0.5, 0.6) is 11.5 Å². The number of aromatic amines is 2. The lowest BCUT2D eigenvalue weighted by Crippen LogP contribution is -2.35. The third-order valence-corrected chi connectivity index (χ3v) is 10.1. The number of aliphatic hydroxyl groups is 2. The van der Waals surface area contributed by atoms with Gasteiger partial charge < -0.3 is 34.7 Å². The molecular weight excluding hydrogens is 668 g/mol. The number of nitrogens with one attached hydrogen (secondary N) is 2. The van der Waals surface area contributed by atoms with E-state index in [1.807, 2.05) is 91.1 Å². The van der Waals surface area contributed by atoms with Crippen LogP contribution in [-0.2, 0) is 9.59 Å². The van der Waals surface area contributed by atoms with Crippen molar-refractivity contribution in [3.05, 3.63) is 144 Å². The lowest BCUT2D eigenvalue weighted by Gasteiger charge is -2.25. The summed E-state index contributed by atoms with van der Waals surface area (Å²) in [6.07, 6.45) is 4.38. The van der Waals surface area contributed by atoms with Gasteiger partial charge >= 0.3 is 0 Å². The zero-order chi connectivity index (χ0) is 36.3. The summed E-state index contributed by atoms with van der Waals surface area (Å²) in [6, 6.07) is 32.9. The molecule has 2 aliphatic heterocycles. The second-order valence-electron chi connectivity index (χ2n) is 13.5. The summed E-state index contributed by atoms with van der Waals surface area (Å²) in [4.78, 5) is 46.1. The molecule has 0 spiro atoms. The van der Waals surface area contributed by atoms with Gasteiger partial charge in [-0.25, -0.2) is 9.97 Å². The Labute approximate surface area is 306 Å². The Bertz CT molecular complexity index is 2180. The van der Waals surface area contributed by atoms with Gasteiger partial charge in [0.1, 0.15) is 23.1 Å². The largest absolute Gasteiger partial charge is 0.457 e. The first-order valence-corrected chi connectivity index (χ1v) is 18.0. The normalized spacial score (nSPS) is 18.2. The Balaban J connectivity index is 0.914. The second-order valence-corrected chi connectivity index (χ2v) is 13.5. The van der Waals surface area contributed by atoms with E-state index in [1.165, 1.54) is 0 Å². The molecule has 6 aromatic rings. The molecule has 2 aliphatic rings. The van der Waals surface area contributed by atoms with Gasteiger partial charge in [0.15, 0.2) is 12.2 Å². The summed E-state index contributed by atoms with van der Waals surface area (Å²) < 4.78 is 6.23. The van der Waals surface area contributed by atoms with Crippen molar-refractivity contribution < 1.29 is 24.5 Å². The van der Waals surface area contributed by atoms with E-state index in [4.69, 9.17) is 9.72 Å². The van der Waals surface area contributed by atoms with Gasteiger partial charge in [-0.3, -0.25) is 9.59 Å². The van der Waals surface area contributed by atoms with E-state index >= 15 is 0 Å². The Kier molecular flexibility index (Phi) is 9.58. The fourth-order valence-corrected chi connectivity index (χ4v) is 7.36.